The third kappa shape index (κ3) is 10.5. The maximum absolute atomic E-state index is 11.8. The molecule has 30 heavy (non-hydrogen) atoms. The number of ether oxygens (including phenoxy) is 2. The van der Waals surface area contributed by atoms with Crippen LogP contribution in [0.5, 0.6) is 0 Å². The molecule has 0 spiro atoms. The molecule has 2 rings (SSSR count). The van der Waals surface area contributed by atoms with Crippen LogP contribution in [0.1, 0.15) is 69.2 Å². The van der Waals surface area contributed by atoms with Gasteiger partial charge >= 0.3 is 12.2 Å². The van der Waals surface area contributed by atoms with Crippen molar-refractivity contribution in [2.45, 2.75) is 105 Å². The van der Waals surface area contributed by atoms with Crippen LogP contribution in [0.4, 0.5) is 9.59 Å². The van der Waals surface area contributed by atoms with Crippen molar-refractivity contribution >= 4 is 12.2 Å². The number of hydrogen-bond acceptors (Lipinski definition) is 6. The number of piperazine rings is 2. The second-order valence-electron chi connectivity index (χ2n) is 10.7. The molecule has 0 bridgehead atoms. The summed E-state index contributed by atoms with van der Waals surface area (Å²) in [6.45, 7) is 22.5. The third-order valence-corrected chi connectivity index (χ3v) is 4.42. The summed E-state index contributed by atoms with van der Waals surface area (Å²) in [5.74, 6) is 0. The Labute approximate surface area is 183 Å². The summed E-state index contributed by atoms with van der Waals surface area (Å²) in [7, 11) is 0. The fourth-order valence-electron chi connectivity index (χ4n) is 3.60. The van der Waals surface area contributed by atoms with Crippen LogP contribution in [-0.4, -0.2) is 83.5 Å². The van der Waals surface area contributed by atoms with Crippen LogP contribution < -0.4 is 10.6 Å². The van der Waals surface area contributed by atoms with Crippen molar-refractivity contribution in [3.05, 3.63) is 0 Å². The maximum Gasteiger partial charge on any atom is 0.410 e. The zero-order valence-corrected chi connectivity index (χ0v) is 20.7. The molecule has 0 aliphatic carbocycles. The van der Waals surface area contributed by atoms with Crippen LogP contribution in [0.3, 0.4) is 0 Å². The molecule has 2 amide bonds. The van der Waals surface area contributed by atoms with Crippen molar-refractivity contribution in [2.24, 2.45) is 0 Å². The minimum Gasteiger partial charge on any atom is -0.444 e. The zero-order valence-electron chi connectivity index (χ0n) is 20.7. The van der Waals surface area contributed by atoms with Crippen LogP contribution >= 0.6 is 0 Å². The summed E-state index contributed by atoms with van der Waals surface area (Å²) in [5.41, 5.74) is -0.817. The van der Waals surface area contributed by atoms with E-state index in [1.165, 1.54) is 0 Å². The first-order valence-corrected chi connectivity index (χ1v) is 11.0. The van der Waals surface area contributed by atoms with E-state index in [0.29, 0.717) is 24.2 Å². The number of nitrogens with one attached hydrogen (secondary N) is 2. The summed E-state index contributed by atoms with van der Waals surface area (Å²) in [6.07, 6.45) is -0.412. The summed E-state index contributed by atoms with van der Waals surface area (Å²) in [4.78, 5) is 27.1. The molecule has 4 atom stereocenters. The minimum atomic E-state index is -0.408. The van der Waals surface area contributed by atoms with Gasteiger partial charge in [0.15, 0.2) is 0 Å². The van der Waals surface area contributed by atoms with Gasteiger partial charge in [-0.15, -0.1) is 0 Å². The highest BCUT2D eigenvalue weighted by atomic mass is 16.6. The number of carbonyl (C=O) groups is 2. The van der Waals surface area contributed by atoms with Gasteiger partial charge in [-0.1, -0.05) is 0 Å². The number of nitrogens with zero attached hydrogens (tertiary/aromatic N) is 2. The Morgan fingerprint density at radius 2 is 0.867 bits per heavy atom. The molecule has 176 valence electrons. The van der Waals surface area contributed by atoms with E-state index in [0.717, 1.165) is 26.2 Å². The van der Waals surface area contributed by atoms with E-state index in [2.05, 4.69) is 38.3 Å². The molecule has 0 unspecified atom stereocenters. The van der Waals surface area contributed by atoms with Gasteiger partial charge in [-0.3, -0.25) is 0 Å². The van der Waals surface area contributed by atoms with Gasteiger partial charge in [-0.2, -0.15) is 0 Å². The number of carbonyl (C=O) groups excluding carboxylic acids is 2. The molecule has 8 nitrogen and oxygen atoms in total. The quantitative estimate of drug-likeness (QED) is 0.616. The molecule has 0 saturated carbocycles. The summed E-state index contributed by atoms with van der Waals surface area (Å²) in [6, 6.07) is 1.34. The van der Waals surface area contributed by atoms with E-state index >= 15 is 0 Å². The van der Waals surface area contributed by atoms with E-state index in [-0.39, 0.29) is 12.2 Å². The predicted octanol–water partition coefficient (Wildman–Crippen LogP) is 3.21. The topological polar surface area (TPSA) is 83.1 Å². The normalized spacial score (nSPS) is 27.7. The molecule has 2 heterocycles. The van der Waals surface area contributed by atoms with Crippen molar-refractivity contribution in [3.63, 3.8) is 0 Å². The fraction of sp³-hybridized carbons (Fsp3) is 0.909. The lowest BCUT2D eigenvalue weighted by atomic mass is 10.1. The number of rotatable bonds is 0. The third-order valence-electron chi connectivity index (χ3n) is 4.42. The van der Waals surface area contributed by atoms with Gasteiger partial charge in [0.1, 0.15) is 11.2 Å². The van der Waals surface area contributed by atoms with Gasteiger partial charge in [0.05, 0.1) is 0 Å². The smallest absolute Gasteiger partial charge is 0.410 e. The van der Waals surface area contributed by atoms with E-state index in [9.17, 15) is 9.59 Å². The Kier molecular flexibility index (Phi) is 9.42. The highest BCUT2D eigenvalue weighted by Crippen LogP contribution is 2.13. The maximum atomic E-state index is 11.8. The molecule has 0 radical (unpaired) electrons. The molecule has 2 aliphatic heterocycles. The van der Waals surface area contributed by atoms with E-state index in [1.54, 1.807) is 9.80 Å². The average molecular weight is 429 g/mol. The second-order valence-corrected chi connectivity index (χ2v) is 10.7. The molecule has 0 aromatic heterocycles. The average Bonchev–Trinajstić information content (AvgIpc) is 2.50. The van der Waals surface area contributed by atoms with Gasteiger partial charge < -0.3 is 29.9 Å². The van der Waals surface area contributed by atoms with Crippen LogP contribution in [0.2, 0.25) is 0 Å². The monoisotopic (exact) mass is 428 g/mol. The van der Waals surface area contributed by atoms with Gasteiger partial charge in [-0.25, -0.2) is 9.59 Å². The fourth-order valence-corrected chi connectivity index (χ4v) is 3.60. The van der Waals surface area contributed by atoms with E-state index in [4.69, 9.17) is 9.47 Å². The first kappa shape index (κ1) is 26.5. The van der Waals surface area contributed by atoms with Gasteiger partial charge in [0.2, 0.25) is 0 Å². The van der Waals surface area contributed by atoms with Gasteiger partial charge in [-0.05, 0) is 69.2 Å². The molecule has 8 heteroatoms. The van der Waals surface area contributed by atoms with Crippen LogP contribution in [0, 0.1) is 0 Å². The van der Waals surface area contributed by atoms with E-state index in [1.807, 2.05) is 41.5 Å². The van der Waals surface area contributed by atoms with Crippen molar-refractivity contribution in [1.82, 2.24) is 20.4 Å². The second kappa shape index (κ2) is 10.7. The molecule has 0 aromatic rings. The molecule has 2 fully saturated rings. The molecule has 2 aliphatic rings. The Bertz CT molecular complexity index is 500. The standard InChI is InChI=1S/2C11H22N2O2/c2*1-8-6-13(7-9(2)12-8)10(14)15-11(3,4)5/h2*8-9,12H,6-7H2,1-5H3/t2*8-,9+. The molecular formula is C22H44N4O4. The Morgan fingerprint density at radius 1 is 0.633 bits per heavy atom. The SMILES string of the molecule is C[C@@H]1CN(C(=O)OC(C)(C)C)C[C@H](C)N1.C[C@@H]1CN(C(=O)OC(C)(C)C)C[C@H](C)N1. The highest BCUT2D eigenvalue weighted by molar-refractivity contribution is 5.68. The number of hydrogen-bond donors (Lipinski definition) is 2. The summed E-state index contributed by atoms with van der Waals surface area (Å²) in [5, 5.41) is 6.75. The van der Waals surface area contributed by atoms with Crippen LogP contribution in [0.25, 0.3) is 0 Å². The summed E-state index contributed by atoms with van der Waals surface area (Å²) < 4.78 is 10.7. The molecular weight excluding hydrogens is 384 g/mol. The highest BCUT2D eigenvalue weighted by Gasteiger charge is 2.29. The van der Waals surface area contributed by atoms with Crippen molar-refractivity contribution in [2.75, 3.05) is 26.2 Å². The zero-order chi connectivity index (χ0) is 23.3. The van der Waals surface area contributed by atoms with E-state index < -0.39 is 11.2 Å². The summed E-state index contributed by atoms with van der Waals surface area (Å²) >= 11 is 0. The lowest BCUT2D eigenvalue weighted by Crippen LogP contribution is -2.56. The minimum absolute atomic E-state index is 0.206. The lowest BCUT2D eigenvalue weighted by molar-refractivity contribution is 0.0159. The van der Waals surface area contributed by atoms with Crippen molar-refractivity contribution in [3.8, 4) is 0 Å². The molecule has 2 N–H and O–H groups in total. The van der Waals surface area contributed by atoms with Crippen LogP contribution in [0.15, 0.2) is 0 Å². The molecule has 2 saturated heterocycles. The van der Waals surface area contributed by atoms with Gasteiger partial charge in [0, 0.05) is 50.3 Å². The van der Waals surface area contributed by atoms with Crippen molar-refractivity contribution in [1.29, 1.82) is 0 Å². The predicted molar refractivity (Wildman–Crippen MR) is 120 cm³/mol. The largest absolute Gasteiger partial charge is 0.444 e. The Hall–Kier alpha value is -1.54. The Morgan fingerprint density at radius 3 is 1.07 bits per heavy atom. The molecule has 0 aromatic carbocycles. The first-order valence-electron chi connectivity index (χ1n) is 11.0. The number of amides is 2. The van der Waals surface area contributed by atoms with Gasteiger partial charge in [0.25, 0.3) is 0 Å². The Balaban J connectivity index is 0.000000300. The van der Waals surface area contributed by atoms with Crippen LogP contribution in [-0.2, 0) is 9.47 Å². The first-order chi connectivity index (χ1) is 13.6. The lowest BCUT2D eigenvalue weighted by Gasteiger charge is -2.36. The van der Waals surface area contributed by atoms with Crippen molar-refractivity contribution < 1.29 is 19.1 Å².